The first kappa shape index (κ1) is 16.0. The summed E-state index contributed by atoms with van der Waals surface area (Å²) < 4.78 is 0. The average Bonchev–Trinajstić information content (AvgIpc) is 2.52. The van der Waals surface area contributed by atoms with Crippen molar-refractivity contribution in [3.63, 3.8) is 0 Å². The molecule has 3 nitrogen and oxygen atoms in total. The van der Waals surface area contributed by atoms with Gasteiger partial charge in [0, 0.05) is 13.1 Å². The summed E-state index contributed by atoms with van der Waals surface area (Å²) in [6.07, 6.45) is 3.59. The van der Waals surface area contributed by atoms with Gasteiger partial charge >= 0.3 is 0 Å². The Balaban J connectivity index is 2.20. The molecule has 114 valence electrons. The number of likely N-dealkylation sites (tertiary alicyclic amines) is 1. The predicted molar refractivity (Wildman–Crippen MR) is 86.9 cm³/mol. The van der Waals surface area contributed by atoms with E-state index in [1.165, 1.54) is 12.8 Å². The van der Waals surface area contributed by atoms with E-state index >= 15 is 0 Å². The van der Waals surface area contributed by atoms with Gasteiger partial charge in [-0.05, 0) is 43.8 Å². The van der Waals surface area contributed by atoms with Crippen LogP contribution in [-0.4, -0.2) is 31.1 Å². The fraction of sp³-hybridized carbons (Fsp3) is 0.611. The normalized spacial score (nSPS) is 22.4. The summed E-state index contributed by atoms with van der Waals surface area (Å²) >= 11 is 0. The van der Waals surface area contributed by atoms with E-state index in [0.717, 1.165) is 44.1 Å². The Kier molecular flexibility index (Phi) is 5.78. The summed E-state index contributed by atoms with van der Waals surface area (Å²) in [5.41, 5.74) is 0.494. The predicted octanol–water partition coefficient (Wildman–Crippen LogP) is 3.14. The highest BCUT2D eigenvalue weighted by molar-refractivity contribution is 5.32. The second-order valence-electron chi connectivity index (χ2n) is 6.29. The van der Waals surface area contributed by atoms with E-state index in [9.17, 15) is 5.26 Å². The molecule has 0 amide bonds. The van der Waals surface area contributed by atoms with Crippen molar-refractivity contribution in [2.45, 2.75) is 38.6 Å². The van der Waals surface area contributed by atoms with Crippen LogP contribution in [0, 0.1) is 17.2 Å². The Morgan fingerprint density at radius 2 is 2.14 bits per heavy atom. The van der Waals surface area contributed by atoms with E-state index < -0.39 is 5.54 Å². The minimum Gasteiger partial charge on any atom is -0.300 e. The average molecular weight is 285 g/mol. The second-order valence-corrected chi connectivity index (χ2v) is 6.29. The van der Waals surface area contributed by atoms with Crippen LogP contribution in [0.1, 0.15) is 38.7 Å². The van der Waals surface area contributed by atoms with Crippen LogP contribution in [0.2, 0.25) is 0 Å². The number of benzene rings is 1. The van der Waals surface area contributed by atoms with Gasteiger partial charge < -0.3 is 0 Å². The summed E-state index contributed by atoms with van der Waals surface area (Å²) in [4.78, 5) is 2.45. The molecular weight excluding hydrogens is 258 g/mol. The third kappa shape index (κ3) is 4.06. The zero-order valence-electron chi connectivity index (χ0n) is 13.3. The highest BCUT2D eigenvalue weighted by Gasteiger charge is 2.34. The lowest BCUT2D eigenvalue weighted by Gasteiger charge is -2.38. The lowest BCUT2D eigenvalue weighted by atomic mass is 9.89. The minimum absolute atomic E-state index is 0.589. The van der Waals surface area contributed by atoms with Crippen LogP contribution in [-0.2, 0) is 5.54 Å². The van der Waals surface area contributed by atoms with Crippen LogP contribution in [0.5, 0.6) is 0 Å². The van der Waals surface area contributed by atoms with Crippen molar-refractivity contribution in [3.05, 3.63) is 35.9 Å². The highest BCUT2D eigenvalue weighted by atomic mass is 15.2. The Morgan fingerprint density at radius 1 is 1.38 bits per heavy atom. The quantitative estimate of drug-likeness (QED) is 0.872. The number of nitriles is 1. The SMILES string of the molecule is CCCNC(C#N)(CN1CCCC(C)C1)c1ccccc1. The molecule has 1 fully saturated rings. The molecule has 0 spiro atoms. The molecule has 2 unspecified atom stereocenters. The van der Waals surface area contributed by atoms with Crippen molar-refractivity contribution in [1.29, 1.82) is 5.26 Å². The van der Waals surface area contributed by atoms with Crippen molar-refractivity contribution in [1.82, 2.24) is 10.2 Å². The second kappa shape index (κ2) is 7.59. The van der Waals surface area contributed by atoms with Crippen molar-refractivity contribution in [3.8, 4) is 6.07 Å². The van der Waals surface area contributed by atoms with Crippen LogP contribution in [0.3, 0.4) is 0 Å². The maximum atomic E-state index is 9.91. The van der Waals surface area contributed by atoms with Gasteiger partial charge in [0.1, 0.15) is 5.54 Å². The van der Waals surface area contributed by atoms with Crippen LogP contribution < -0.4 is 5.32 Å². The van der Waals surface area contributed by atoms with Crippen molar-refractivity contribution in [2.24, 2.45) is 5.92 Å². The van der Waals surface area contributed by atoms with E-state index in [1.54, 1.807) is 0 Å². The van der Waals surface area contributed by atoms with Crippen LogP contribution in [0.15, 0.2) is 30.3 Å². The fourth-order valence-electron chi connectivity index (χ4n) is 3.22. The number of hydrogen-bond donors (Lipinski definition) is 1. The summed E-state index contributed by atoms with van der Waals surface area (Å²) in [5, 5.41) is 13.4. The number of nitrogens with zero attached hydrogens (tertiary/aromatic N) is 2. The van der Waals surface area contributed by atoms with Crippen LogP contribution in [0.4, 0.5) is 0 Å². The third-order valence-electron chi connectivity index (χ3n) is 4.34. The van der Waals surface area contributed by atoms with Gasteiger partial charge in [-0.2, -0.15) is 5.26 Å². The van der Waals surface area contributed by atoms with Crippen molar-refractivity contribution >= 4 is 0 Å². The Bertz CT molecular complexity index is 465. The first-order chi connectivity index (χ1) is 10.2. The first-order valence-electron chi connectivity index (χ1n) is 8.14. The minimum atomic E-state index is -0.589. The van der Waals surface area contributed by atoms with Crippen molar-refractivity contribution < 1.29 is 0 Å². The molecule has 3 heteroatoms. The van der Waals surface area contributed by atoms with Gasteiger partial charge in [-0.3, -0.25) is 10.2 Å². The molecule has 0 aliphatic carbocycles. The molecule has 1 heterocycles. The molecule has 0 saturated carbocycles. The molecule has 0 bridgehead atoms. The molecule has 21 heavy (non-hydrogen) atoms. The number of nitrogens with one attached hydrogen (secondary N) is 1. The van der Waals surface area contributed by atoms with E-state index in [1.807, 2.05) is 18.2 Å². The molecule has 1 aliphatic heterocycles. The number of piperidine rings is 1. The van der Waals surface area contributed by atoms with Gasteiger partial charge in [0.15, 0.2) is 0 Å². The van der Waals surface area contributed by atoms with E-state index in [0.29, 0.717) is 0 Å². The molecule has 1 aliphatic rings. The van der Waals surface area contributed by atoms with Crippen LogP contribution >= 0.6 is 0 Å². The zero-order valence-corrected chi connectivity index (χ0v) is 13.3. The monoisotopic (exact) mass is 285 g/mol. The lowest BCUT2D eigenvalue weighted by Crippen LogP contribution is -2.52. The molecule has 2 atom stereocenters. The molecule has 1 saturated heterocycles. The Labute approximate surface area is 129 Å². The van der Waals surface area contributed by atoms with Gasteiger partial charge in [-0.1, -0.05) is 44.2 Å². The first-order valence-corrected chi connectivity index (χ1v) is 8.14. The summed E-state index contributed by atoms with van der Waals surface area (Å²) in [6, 6.07) is 12.8. The molecule has 0 aromatic heterocycles. The van der Waals surface area contributed by atoms with Gasteiger partial charge in [0.2, 0.25) is 0 Å². The summed E-state index contributed by atoms with van der Waals surface area (Å²) in [5.74, 6) is 0.733. The van der Waals surface area contributed by atoms with E-state index in [4.69, 9.17) is 0 Å². The summed E-state index contributed by atoms with van der Waals surface area (Å²) in [6.45, 7) is 8.30. The van der Waals surface area contributed by atoms with E-state index in [2.05, 4.69) is 42.3 Å². The summed E-state index contributed by atoms with van der Waals surface area (Å²) in [7, 11) is 0. The highest BCUT2D eigenvalue weighted by Crippen LogP contribution is 2.25. The molecule has 1 N–H and O–H groups in total. The molecule has 1 aromatic carbocycles. The van der Waals surface area contributed by atoms with Gasteiger partial charge in [0.05, 0.1) is 6.07 Å². The molecule has 1 aromatic rings. The van der Waals surface area contributed by atoms with E-state index in [-0.39, 0.29) is 0 Å². The Hall–Kier alpha value is -1.37. The standard InChI is InChI=1S/C18H27N3/c1-3-11-20-18(14-19,17-9-5-4-6-10-17)15-21-12-7-8-16(2)13-21/h4-6,9-10,16,20H,3,7-8,11-13,15H2,1-2H3. The lowest BCUT2D eigenvalue weighted by molar-refractivity contribution is 0.148. The van der Waals surface area contributed by atoms with Gasteiger partial charge in [-0.15, -0.1) is 0 Å². The maximum Gasteiger partial charge on any atom is 0.145 e. The Morgan fingerprint density at radius 3 is 2.76 bits per heavy atom. The smallest absolute Gasteiger partial charge is 0.145 e. The third-order valence-corrected chi connectivity index (χ3v) is 4.34. The van der Waals surface area contributed by atoms with Crippen LogP contribution in [0.25, 0.3) is 0 Å². The zero-order chi connectivity index (χ0) is 15.1. The number of hydrogen-bond acceptors (Lipinski definition) is 3. The largest absolute Gasteiger partial charge is 0.300 e. The molecular formula is C18H27N3. The maximum absolute atomic E-state index is 9.91. The fourth-order valence-corrected chi connectivity index (χ4v) is 3.22. The van der Waals surface area contributed by atoms with Gasteiger partial charge in [0.25, 0.3) is 0 Å². The number of rotatable bonds is 6. The molecule has 0 radical (unpaired) electrons. The topological polar surface area (TPSA) is 39.1 Å². The van der Waals surface area contributed by atoms with Crippen molar-refractivity contribution in [2.75, 3.05) is 26.2 Å². The molecule has 2 rings (SSSR count). The van der Waals surface area contributed by atoms with Gasteiger partial charge in [-0.25, -0.2) is 0 Å².